The first-order valence-electron chi connectivity index (χ1n) is 4.97. The maximum absolute atomic E-state index is 11.5. The van der Waals surface area contributed by atoms with Crippen molar-refractivity contribution < 1.29 is 9.53 Å². The Bertz CT molecular complexity index is 525. The van der Waals surface area contributed by atoms with Crippen LogP contribution in [0.2, 0.25) is 0 Å². The molecule has 3 nitrogen and oxygen atoms in total. The van der Waals surface area contributed by atoms with Crippen LogP contribution in [0.5, 0.6) is 5.75 Å². The van der Waals surface area contributed by atoms with Gasteiger partial charge in [-0.15, -0.1) is 11.3 Å². The van der Waals surface area contributed by atoms with E-state index in [1.54, 1.807) is 23.8 Å². The number of ether oxygens (including phenoxy) is 1. The smallest absolute Gasteiger partial charge is 0.163 e. The topological polar surface area (TPSA) is 39.2 Å². The molecule has 0 spiro atoms. The second kappa shape index (κ2) is 5.42. The fraction of sp³-hybridized carbons (Fsp3) is 0.167. The number of carbonyl (C=O) groups excluding carboxylic acids is 1. The van der Waals surface area contributed by atoms with Gasteiger partial charge in [-0.25, -0.2) is 0 Å². The van der Waals surface area contributed by atoms with Crippen molar-refractivity contribution in [1.82, 2.24) is 4.98 Å². The summed E-state index contributed by atoms with van der Waals surface area (Å²) in [5, 5.41) is 0. The van der Waals surface area contributed by atoms with Gasteiger partial charge in [0, 0.05) is 10.7 Å². The van der Waals surface area contributed by atoms with Crippen LogP contribution in [0.15, 0.2) is 34.4 Å². The molecule has 5 heteroatoms. The Morgan fingerprint density at radius 1 is 1.53 bits per heavy atom. The van der Waals surface area contributed by atoms with Gasteiger partial charge in [0.05, 0.1) is 16.0 Å². The highest BCUT2D eigenvalue weighted by Crippen LogP contribution is 2.24. The molecule has 1 aromatic heterocycles. The molecule has 0 N–H and O–H groups in total. The van der Waals surface area contributed by atoms with Gasteiger partial charge in [0.25, 0.3) is 0 Å². The molecule has 88 valence electrons. The predicted molar refractivity (Wildman–Crippen MR) is 70.6 cm³/mol. The van der Waals surface area contributed by atoms with E-state index in [1.807, 2.05) is 6.07 Å². The summed E-state index contributed by atoms with van der Waals surface area (Å²) in [4.78, 5) is 16.5. The van der Waals surface area contributed by atoms with E-state index in [0.717, 1.165) is 9.35 Å². The van der Waals surface area contributed by atoms with E-state index in [2.05, 4.69) is 20.9 Å². The van der Waals surface area contributed by atoms with Gasteiger partial charge in [0.1, 0.15) is 12.4 Å². The number of benzene rings is 1. The zero-order valence-corrected chi connectivity index (χ0v) is 11.5. The lowest BCUT2D eigenvalue weighted by molar-refractivity contribution is 0.101. The van der Waals surface area contributed by atoms with Crippen molar-refractivity contribution in [2.75, 3.05) is 0 Å². The molecule has 2 aromatic rings. The molecule has 0 amide bonds. The van der Waals surface area contributed by atoms with Crippen molar-refractivity contribution in [3.05, 3.63) is 44.8 Å². The highest BCUT2D eigenvalue weighted by molar-refractivity contribution is 9.10. The Hall–Kier alpha value is -1.20. The number of rotatable bonds is 4. The van der Waals surface area contributed by atoms with E-state index >= 15 is 0 Å². The van der Waals surface area contributed by atoms with E-state index in [0.29, 0.717) is 17.9 Å². The molecule has 0 unspecified atom stereocenters. The maximum atomic E-state index is 11.5. The van der Waals surface area contributed by atoms with Crippen LogP contribution in [-0.4, -0.2) is 10.8 Å². The number of ketones is 1. The van der Waals surface area contributed by atoms with Crippen molar-refractivity contribution in [3.63, 3.8) is 0 Å². The van der Waals surface area contributed by atoms with E-state index < -0.39 is 0 Å². The average molecular weight is 312 g/mol. The van der Waals surface area contributed by atoms with Crippen molar-refractivity contribution in [3.8, 4) is 5.75 Å². The summed E-state index contributed by atoms with van der Waals surface area (Å²) in [5.41, 5.74) is 2.34. The van der Waals surface area contributed by atoms with Gasteiger partial charge in [0.15, 0.2) is 5.78 Å². The molecule has 0 saturated carbocycles. The van der Waals surface area contributed by atoms with Crippen LogP contribution in [0.25, 0.3) is 0 Å². The van der Waals surface area contributed by atoms with Gasteiger partial charge in [-0.05, 0) is 25.1 Å². The molecule has 0 aliphatic rings. The number of Topliss-reactive ketones (excluding diaryl/α,β-unsaturated/α-hetero) is 1. The largest absolute Gasteiger partial charge is 0.487 e. The Labute approximate surface area is 112 Å². The zero-order chi connectivity index (χ0) is 12.3. The molecule has 0 atom stereocenters. The summed E-state index contributed by atoms with van der Waals surface area (Å²) in [5.74, 6) is 0.597. The summed E-state index contributed by atoms with van der Waals surface area (Å²) in [6.07, 6.45) is 1.76. The maximum Gasteiger partial charge on any atom is 0.163 e. The molecule has 0 aliphatic carbocycles. The first-order valence-corrected chi connectivity index (χ1v) is 6.65. The van der Waals surface area contributed by atoms with E-state index in [-0.39, 0.29) is 5.78 Å². The minimum absolute atomic E-state index is 0.00870. The van der Waals surface area contributed by atoms with Crippen LogP contribution in [0, 0.1) is 0 Å². The van der Waals surface area contributed by atoms with Crippen LogP contribution < -0.4 is 4.74 Å². The van der Waals surface area contributed by atoms with Crippen LogP contribution in [0.1, 0.15) is 22.2 Å². The van der Waals surface area contributed by atoms with E-state index in [9.17, 15) is 4.79 Å². The summed E-state index contributed by atoms with van der Waals surface area (Å²) in [7, 11) is 0. The number of hydrogen-bond donors (Lipinski definition) is 0. The van der Waals surface area contributed by atoms with Gasteiger partial charge >= 0.3 is 0 Å². The number of carbonyl (C=O) groups is 1. The summed E-state index contributed by atoms with van der Waals surface area (Å²) < 4.78 is 6.49. The normalized spacial score (nSPS) is 10.2. The second-order valence-electron chi connectivity index (χ2n) is 3.45. The Balaban J connectivity index is 2.17. The third-order valence-corrected chi connectivity index (χ3v) is 3.42. The molecule has 0 radical (unpaired) electrons. The van der Waals surface area contributed by atoms with Crippen molar-refractivity contribution in [1.29, 1.82) is 0 Å². The summed E-state index contributed by atoms with van der Waals surface area (Å²) in [6.45, 7) is 1.97. The van der Waals surface area contributed by atoms with Gasteiger partial charge in [-0.3, -0.25) is 9.78 Å². The van der Waals surface area contributed by atoms with Gasteiger partial charge in [0.2, 0.25) is 0 Å². The quantitative estimate of drug-likeness (QED) is 0.808. The number of nitrogens with zero attached hydrogens (tertiary/aromatic N) is 1. The standard InChI is InChI=1S/C12H10BrNO2S/c1-8(15)11-4-9(13)2-3-12(11)16-6-10-5-14-7-17-10/h2-5,7H,6H2,1H3. The minimum atomic E-state index is -0.00870. The first kappa shape index (κ1) is 12.3. The number of hydrogen-bond acceptors (Lipinski definition) is 4. The highest BCUT2D eigenvalue weighted by Gasteiger charge is 2.09. The fourth-order valence-corrected chi connectivity index (χ4v) is 2.23. The predicted octanol–water partition coefficient (Wildman–Crippen LogP) is 3.69. The summed E-state index contributed by atoms with van der Waals surface area (Å²) in [6, 6.07) is 5.42. The molecular weight excluding hydrogens is 302 g/mol. The molecule has 2 rings (SSSR count). The van der Waals surface area contributed by atoms with Gasteiger partial charge in [-0.1, -0.05) is 15.9 Å². The summed E-state index contributed by atoms with van der Waals surface area (Å²) >= 11 is 4.87. The third-order valence-electron chi connectivity index (χ3n) is 2.17. The highest BCUT2D eigenvalue weighted by atomic mass is 79.9. The lowest BCUT2D eigenvalue weighted by Gasteiger charge is -2.08. The van der Waals surface area contributed by atoms with Crippen molar-refractivity contribution in [2.45, 2.75) is 13.5 Å². The monoisotopic (exact) mass is 311 g/mol. The molecule has 1 aromatic carbocycles. The average Bonchev–Trinajstić information content (AvgIpc) is 2.80. The van der Waals surface area contributed by atoms with Gasteiger partial charge < -0.3 is 4.74 Å². The van der Waals surface area contributed by atoms with E-state index in [1.165, 1.54) is 18.3 Å². The second-order valence-corrected chi connectivity index (χ2v) is 5.34. The van der Waals surface area contributed by atoms with E-state index in [4.69, 9.17) is 4.74 Å². The number of halogens is 1. The fourth-order valence-electron chi connectivity index (χ4n) is 1.37. The molecule has 17 heavy (non-hydrogen) atoms. The minimum Gasteiger partial charge on any atom is -0.487 e. The number of aromatic nitrogens is 1. The molecule has 0 aliphatic heterocycles. The zero-order valence-electron chi connectivity index (χ0n) is 9.14. The van der Waals surface area contributed by atoms with Crippen LogP contribution in [-0.2, 0) is 6.61 Å². The Morgan fingerprint density at radius 2 is 2.35 bits per heavy atom. The molecule has 0 fully saturated rings. The Kier molecular flexibility index (Phi) is 3.91. The lowest BCUT2D eigenvalue weighted by atomic mass is 10.1. The SMILES string of the molecule is CC(=O)c1cc(Br)ccc1OCc1cncs1. The van der Waals surface area contributed by atoms with Crippen molar-refractivity contribution in [2.24, 2.45) is 0 Å². The van der Waals surface area contributed by atoms with Crippen LogP contribution in [0.3, 0.4) is 0 Å². The Morgan fingerprint density at radius 3 is 3.00 bits per heavy atom. The molecule has 0 saturated heterocycles. The van der Waals surface area contributed by atoms with Crippen LogP contribution in [0.4, 0.5) is 0 Å². The van der Waals surface area contributed by atoms with Gasteiger partial charge in [-0.2, -0.15) is 0 Å². The number of thiazole rings is 1. The van der Waals surface area contributed by atoms with Crippen LogP contribution >= 0.6 is 27.3 Å². The third kappa shape index (κ3) is 3.14. The lowest BCUT2D eigenvalue weighted by Crippen LogP contribution is -2.00. The molecule has 0 bridgehead atoms. The molecular formula is C12H10BrNO2S. The first-order chi connectivity index (χ1) is 8.16. The van der Waals surface area contributed by atoms with Crippen molar-refractivity contribution >= 4 is 33.0 Å². The molecule has 1 heterocycles.